The molecule has 0 radical (unpaired) electrons. The second kappa shape index (κ2) is 10.7. The number of aliphatic carboxylic acids is 2. The van der Waals surface area contributed by atoms with Gasteiger partial charge in [0.25, 0.3) is 0 Å². The average molecular weight is 430 g/mol. The van der Waals surface area contributed by atoms with Crippen molar-refractivity contribution < 1.29 is 34.8 Å². The predicted octanol–water partition coefficient (Wildman–Crippen LogP) is -0.0551. The van der Waals surface area contributed by atoms with Crippen molar-refractivity contribution >= 4 is 17.8 Å². The van der Waals surface area contributed by atoms with Crippen LogP contribution in [0.4, 0.5) is 0 Å². The molecule has 1 amide bonds. The monoisotopic (exact) mass is 430 g/mol. The van der Waals surface area contributed by atoms with Crippen LogP contribution < -0.4 is 11.1 Å². The number of hydrogen-bond donors (Lipinski definition) is 6. The van der Waals surface area contributed by atoms with Gasteiger partial charge in [-0.3, -0.25) is 4.79 Å². The van der Waals surface area contributed by atoms with Crippen LogP contribution in [0.2, 0.25) is 0 Å². The summed E-state index contributed by atoms with van der Waals surface area (Å²) in [6, 6.07) is 19.9. The molecule has 0 saturated carbocycles. The normalized spacial score (nSPS) is 17.7. The van der Waals surface area contributed by atoms with E-state index in [1.165, 1.54) is 0 Å². The zero-order valence-electron chi connectivity index (χ0n) is 16.7. The summed E-state index contributed by atoms with van der Waals surface area (Å²) in [5.41, 5.74) is 7.16. The third-order valence-corrected chi connectivity index (χ3v) is 5.32. The number of carboxylic acids is 2. The Balaban J connectivity index is 0.000000291. The van der Waals surface area contributed by atoms with Gasteiger partial charge in [-0.2, -0.15) is 0 Å². The molecule has 1 heterocycles. The Kier molecular flexibility index (Phi) is 8.26. The quantitative estimate of drug-likeness (QED) is 0.355. The largest absolute Gasteiger partial charge is 0.479 e. The summed E-state index contributed by atoms with van der Waals surface area (Å²) in [5.74, 6) is -3.63. The van der Waals surface area contributed by atoms with Crippen LogP contribution >= 0.6 is 0 Å². The number of aliphatic hydroxyl groups excluding tert-OH is 2. The van der Waals surface area contributed by atoms with Crippen LogP contribution in [-0.2, 0) is 19.8 Å². The van der Waals surface area contributed by atoms with E-state index >= 15 is 0 Å². The van der Waals surface area contributed by atoms with Crippen molar-refractivity contribution in [1.82, 2.24) is 5.32 Å². The van der Waals surface area contributed by atoms with E-state index in [1.807, 2.05) is 60.7 Å². The first-order chi connectivity index (χ1) is 14.7. The number of nitrogens with two attached hydrogens (primary N) is 1. The Morgan fingerprint density at radius 2 is 1.29 bits per heavy atom. The third kappa shape index (κ3) is 5.26. The molecule has 9 nitrogen and oxygen atoms in total. The van der Waals surface area contributed by atoms with Crippen molar-refractivity contribution in [3.8, 4) is 0 Å². The fraction of sp³-hybridized carbons (Fsp3) is 0.318. The number of primary amides is 1. The molecular formula is C22H26N2O7. The zero-order valence-corrected chi connectivity index (χ0v) is 16.7. The molecule has 0 spiro atoms. The number of hydrogen-bond acceptors (Lipinski definition) is 6. The molecule has 31 heavy (non-hydrogen) atoms. The lowest BCUT2D eigenvalue weighted by Gasteiger charge is -2.37. The van der Waals surface area contributed by atoms with Gasteiger partial charge in [0, 0.05) is 0 Å². The highest BCUT2D eigenvalue weighted by atomic mass is 16.4. The number of nitrogens with one attached hydrogen (secondary N) is 1. The second-order valence-electron chi connectivity index (χ2n) is 7.16. The number of amides is 1. The summed E-state index contributed by atoms with van der Waals surface area (Å²) < 4.78 is 0. The van der Waals surface area contributed by atoms with Crippen LogP contribution in [0.15, 0.2) is 60.7 Å². The number of benzene rings is 2. The lowest BCUT2D eigenvalue weighted by atomic mass is 9.65. The number of rotatable bonds is 7. The zero-order chi connectivity index (χ0) is 23.0. The number of carboxylic acid groups (broad SMARTS) is 2. The molecule has 2 aromatic carbocycles. The highest BCUT2D eigenvalue weighted by Gasteiger charge is 2.48. The van der Waals surface area contributed by atoms with Crippen LogP contribution in [0.3, 0.4) is 0 Å². The van der Waals surface area contributed by atoms with Gasteiger partial charge in [-0.05, 0) is 36.6 Å². The lowest BCUT2D eigenvalue weighted by Crippen LogP contribution is -2.49. The van der Waals surface area contributed by atoms with Crippen LogP contribution in [0.5, 0.6) is 0 Å². The number of carbonyl (C=O) groups excluding carboxylic acids is 1. The summed E-state index contributed by atoms with van der Waals surface area (Å²) >= 11 is 0. The molecule has 3 atom stereocenters. The van der Waals surface area contributed by atoms with Gasteiger partial charge >= 0.3 is 11.9 Å². The molecule has 3 rings (SSSR count). The van der Waals surface area contributed by atoms with Crippen molar-refractivity contribution in [3.63, 3.8) is 0 Å². The first-order valence-electron chi connectivity index (χ1n) is 9.66. The topological polar surface area (TPSA) is 170 Å². The Bertz CT molecular complexity index is 826. The molecule has 7 N–H and O–H groups in total. The first kappa shape index (κ1) is 24.0. The van der Waals surface area contributed by atoms with Crippen LogP contribution in [0.25, 0.3) is 0 Å². The highest BCUT2D eigenvalue weighted by Crippen LogP contribution is 2.41. The van der Waals surface area contributed by atoms with Gasteiger partial charge in [-0.25, -0.2) is 9.59 Å². The summed E-state index contributed by atoms with van der Waals surface area (Å²) in [4.78, 5) is 32.1. The Labute approximate surface area is 179 Å². The molecule has 0 bridgehead atoms. The van der Waals surface area contributed by atoms with Gasteiger partial charge in [0.1, 0.15) is 5.41 Å². The Hall–Kier alpha value is -3.27. The van der Waals surface area contributed by atoms with Gasteiger partial charge in [0.15, 0.2) is 12.2 Å². The summed E-state index contributed by atoms with van der Waals surface area (Å²) in [6.45, 7) is 1.74. The van der Waals surface area contributed by atoms with Crippen molar-refractivity contribution in [2.45, 2.75) is 24.0 Å². The molecule has 1 saturated heterocycles. The van der Waals surface area contributed by atoms with Gasteiger partial charge in [0.05, 0.1) is 0 Å². The van der Waals surface area contributed by atoms with E-state index in [9.17, 15) is 14.4 Å². The number of aliphatic hydroxyl groups is 2. The smallest absolute Gasteiger partial charge is 0.335 e. The van der Waals surface area contributed by atoms with Crippen LogP contribution in [0, 0.1) is 5.92 Å². The van der Waals surface area contributed by atoms with Gasteiger partial charge in [0.2, 0.25) is 5.91 Å². The first-order valence-corrected chi connectivity index (χ1v) is 9.66. The minimum Gasteiger partial charge on any atom is -0.479 e. The fourth-order valence-electron chi connectivity index (χ4n) is 3.82. The van der Waals surface area contributed by atoms with Crippen LogP contribution in [-0.4, -0.2) is 63.6 Å². The fourth-order valence-corrected chi connectivity index (χ4v) is 3.82. The van der Waals surface area contributed by atoms with E-state index < -0.39 is 29.6 Å². The molecule has 1 aliphatic rings. The molecule has 1 fully saturated rings. The maximum Gasteiger partial charge on any atom is 0.335 e. The van der Waals surface area contributed by atoms with Crippen molar-refractivity contribution in [3.05, 3.63) is 71.8 Å². The predicted molar refractivity (Wildman–Crippen MR) is 111 cm³/mol. The van der Waals surface area contributed by atoms with Crippen molar-refractivity contribution in [2.75, 3.05) is 13.1 Å². The average Bonchev–Trinajstić information content (AvgIpc) is 3.30. The van der Waals surface area contributed by atoms with E-state index in [4.69, 9.17) is 26.2 Å². The molecular weight excluding hydrogens is 404 g/mol. The maximum atomic E-state index is 12.6. The SMILES string of the molecule is NC(=O)C(c1ccccc1)(c1ccccc1)[C@H]1CCNC1.O=C(O)[C@@H](O)[C@H](O)C(=O)O. The standard InChI is InChI=1S/C18H20N2O.C4H6O6/c19-17(21)18(16-11-12-20-13-16,14-7-3-1-4-8-14)15-9-5-2-6-10-15;5-1(3(7)8)2(6)4(9)10/h1-10,16,20H,11-13H2,(H2,19,21);1-2,5-6H,(H,7,8)(H,9,10)/t16-;1-,2-/m00/s1. The maximum absolute atomic E-state index is 12.6. The van der Waals surface area contributed by atoms with E-state index in [-0.39, 0.29) is 11.8 Å². The lowest BCUT2D eigenvalue weighted by molar-refractivity contribution is -0.165. The molecule has 0 aliphatic carbocycles. The molecule has 166 valence electrons. The molecule has 0 aromatic heterocycles. The summed E-state index contributed by atoms with van der Waals surface area (Å²) in [5, 5.41) is 35.9. The minimum absolute atomic E-state index is 0.180. The summed E-state index contributed by atoms with van der Waals surface area (Å²) in [6.07, 6.45) is -3.58. The van der Waals surface area contributed by atoms with Crippen LogP contribution in [0.1, 0.15) is 17.5 Å². The van der Waals surface area contributed by atoms with E-state index in [2.05, 4.69) is 5.32 Å². The number of carbonyl (C=O) groups is 3. The third-order valence-electron chi connectivity index (χ3n) is 5.32. The highest BCUT2D eigenvalue weighted by molar-refractivity contribution is 5.91. The van der Waals surface area contributed by atoms with E-state index in [0.29, 0.717) is 0 Å². The molecule has 0 unspecified atom stereocenters. The van der Waals surface area contributed by atoms with E-state index in [0.717, 1.165) is 30.6 Å². The Morgan fingerprint density at radius 3 is 1.58 bits per heavy atom. The molecule has 1 aliphatic heterocycles. The molecule has 9 heteroatoms. The summed E-state index contributed by atoms with van der Waals surface area (Å²) in [7, 11) is 0. The van der Waals surface area contributed by atoms with E-state index in [1.54, 1.807) is 0 Å². The minimum atomic E-state index is -2.27. The van der Waals surface area contributed by atoms with Gasteiger partial charge < -0.3 is 31.5 Å². The van der Waals surface area contributed by atoms with Crippen molar-refractivity contribution in [2.24, 2.45) is 11.7 Å². The second-order valence-corrected chi connectivity index (χ2v) is 7.16. The Morgan fingerprint density at radius 1 is 0.871 bits per heavy atom. The van der Waals surface area contributed by atoms with Crippen molar-refractivity contribution in [1.29, 1.82) is 0 Å². The van der Waals surface area contributed by atoms with Gasteiger partial charge in [-0.1, -0.05) is 60.7 Å². The molecule has 2 aromatic rings. The van der Waals surface area contributed by atoms with Gasteiger partial charge in [-0.15, -0.1) is 0 Å².